The third kappa shape index (κ3) is 2.92. The quantitative estimate of drug-likeness (QED) is 0.919. The molecule has 2 heterocycles. The molecule has 2 aromatic heterocycles. The van der Waals surface area contributed by atoms with Crippen molar-refractivity contribution in [1.29, 1.82) is 0 Å². The topological polar surface area (TPSA) is 76.2 Å². The molecule has 0 saturated heterocycles. The summed E-state index contributed by atoms with van der Waals surface area (Å²) in [5.41, 5.74) is 1.04. The van der Waals surface area contributed by atoms with E-state index in [4.69, 9.17) is 9.52 Å². The minimum atomic E-state index is -1.06. The molecule has 1 atom stereocenters. The Balaban J connectivity index is 2.29. The lowest BCUT2D eigenvalue weighted by molar-refractivity contribution is 0.0691. The zero-order valence-corrected chi connectivity index (χ0v) is 11.6. The average Bonchev–Trinajstić information content (AvgIpc) is 2.68. The summed E-state index contributed by atoms with van der Waals surface area (Å²) >= 11 is 0. The van der Waals surface area contributed by atoms with Crippen LogP contribution in [-0.2, 0) is 6.42 Å². The van der Waals surface area contributed by atoms with Crippen molar-refractivity contribution in [3.63, 3.8) is 0 Å². The number of pyridine rings is 1. The number of hydrogen-bond acceptors (Lipinski definition) is 4. The molecule has 1 unspecified atom stereocenters. The Morgan fingerprint density at radius 2 is 2.05 bits per heavy atom. The van der Waals surface area contributed by atoms with Gasteiger partial charge in [-0.05, 0) is 23.5 Å². The van der Waals surface area contributed by atoms with Crippen molar-refractivity contribution < 1.29 is 14.3 Å². The molecule has 0 aliphatic heterocycles. The largest absolute Gasteiger partial charge is 0.477 e. The number of nitrogens with zero attached hydrogens (tertiary/aromatic N) is 2. The van der Waals surface area contributed by atoms with Crippen LogP contribution in [0.4, 0.5) is 0 Å². The van der Waals surface area contributed by atoms with Gasteiger partial charge < -0.3 is 9.52 Å². The van der Waals surface area contributed by atoms with Gasteiger partial charge in [-0.15, -0.1) is 0 Å². The SMILES string of the molecule is CC(Cc1nc2nc(C(=O)O)ccc2o1)C(C)(C)C. The van der Waals surface area contributed by atoms with Crippen molar-refractivity contribution in [2.45, 2.75) is 34.1 Å². The van der Waals surface area contributed by atoms with Crippen molar-refractivity contribution >= 4 is 17.2 Å². The third-order valence-corrected chi connectivity index (χ3v) is 3.48. The molecule has 5 heteroatoms. The van der Waals surface area contributed by atoms with Gasteiger partial charge in [0.2, 0.25) is 0 Å². The first-order valence-corrected chi connectivity index (χ1v) is 6.27. The average molecular weight is 262 g/mol. The van der Waals surface area contributed by atoms with Gasteiger partial charge in [-0.2, -0.15) is 4.98 Å². The Labute approximate surface area is 111 Å². The van der Waals surface area contributed by atoms with Gasteiger partial charge in [-0.3, -0.25) is 0 Å². The fraction of sp³-hybridized carbons (Fsp3) is 0.500. The Hall–Kier alpha value is -1.91. The maximum absolute atomic E-state index is 10.8. The number of carbonyl (C=O) groups is 1. The lowest BCUT2D eigenvalue weighted by Crippen LogP contribution is -2.19. The highest BCUT2D eigenvalue weighted by molar-refractivity contribution is 5.87. The highest BCUT2D eigenvalue weighted by Crippen LogP contribution is 2.29. The number of aromatic carboxylic acids is 1. The number of fused-ring (bicyclic) bond motifs is 1. The van der Waals surface area contributed by atoms with Crippen molar-refractivity contribution in [3.05, 3.63) is 23.7 Å². The molecule has 0 radical (unpaired) electrons. The number of carboxylic acids is 1. The van der Waals surface area contributed by atoms with Gasteiger partial charge in [-0.25, -0.2) is 9.78 Å². The van der Waals surface area contributed by atoms with Crippen molar-refractivity contribution in [2.75, 3.05) is 0 Å². The molecule has 0 amide bonds. The Kier molecular flexibility index (Phi) is 3.30. The summed E-state index contributed by atoms with van der Waals surface area (Å²) < 4.78 is 5.60. The maximum Gasteiger partial charge on any atom is 0.354 e. The number of rotatable bonds is 3. The molecule has 5 nitrogen and oxygen atoms in total. The molecule has 2 aromatic rings. The highest BCUT2D eigenvalue weighted by Gasteiger charge is 2.22. The van der Waals surface area contributed by atoms with E-state index in [1.54, 1.807) is 6.07 Å². The minimum Gasteiger partial charge on any atom is -0.477 e. The smallest absolute Gasteiger partial charge is 0.354 e. The number of carboxylic acid groups (broad SMARTS) is 1. The molecule has 2 rings (SSSR count). The van der Waals surface area contributed by atoms with Crippen LogP contribution < -0.4 is 0 Å². The highest BCUT2D eigenvalue weighted by atomic mass is 16.4. The van der Waals surface area contributed by atoms with Gasteiger partial charge in [-0.1, -0.05) is 27.7 Å². The monoisotopic (exact) mass is 262 g/mol. The van der Waals surface area contributed by atoms with Crippen LogP contribution in [0.2, 0.25) is 0 Å². The van der Waals surface area contributed by atoms with Crippen LogP contribution in [0.3, 0.4) is 0 Å². The van der Waals surface area contributed by atoms with Crippen LogP contribution in [0, 0.1) is 11.3 Å². The molecular formula is C14H18N2O3. The number of aromatic nitrogens is 2. The van der Waals surface area contributed by atoms with Gasteiger partial charge in [0.1, 0.15) is 0 Å². The molecule has 102 valence electrons. The van der Waals surface area contributed by atoms with Gasteiger partial charge in [0, 0.05) is 6.42 Å². The second kappa shape index (κ2) is 4.64. The second-order valence-corrected chi connectivity index (χ2v) is 5.90. The number of oxazole rings is 1. The molecule has 1 N–H and O–H groups in total. The summed E-state index contributed by atoms with van der Waals surface area (Å²) in [6.45, 7) is 8.65. The summed E-state index contributed by atoms with van der Waals surface area (Å²) in [7, 11) is 0. The Morgan fingerprint density at radius 1 is 1.37 bits per heavy atom. The molecule has 0 aliphatic rings. The zero-order chi connectivity index (χ0) is 14.2. The van der Waals surface area contributed by atoms with Crippen molar-refractivity contribution in [3.8, 4) is 0 Å². The summed E-state index contributed by atoms with van der Waals surface area (Å²) in [6.07, 6.45) is 0.711. The molecule has 0 bridgehead atoms. The number of hydrogen-bond donors (Lipinski definition) is 1. The predicted octanol–water partition coefficient (Wildman–Crippen LogP) is 3.15. The summed E-state index contributed by atoms with van der Waals surface area (Å²) in [6, 6.07) is 3.02. The predicted molar refractivity (Wildman–Crippen MR) is 71.1 cm³/mol. The molecule has 19 heavy (non-hydrogen) atoms. The van der Waals surface area contributed by atoms with Gasteiger partial charge >= 0.3 is 5.97 Å². The Morgan fingerprint density at radius 3 is 2.63 bits per heavy atom. The summed E-state index contributed by atoms with van der Waals surface area (Å²) in [5.74, 6) is -0.0542. The van der Waals surface area contributed by atoms with Gasteiger partial charge in [0.15, 0.2) is 22.8 Å². The zero-order valence-electron chi connectivity index (χ0n) is 11.6. The van der Waals surface area contributed by atoms with Gasteiger partial charge in [0.25, 0.3) is 0 Å². The maximum atomic E-state index is 10.8. The van der Waals surface area contributed by atoms with Crippen LogP contribution in [0.5, 0.6) is 0 Å². The molecule has 0 saturated carbocycles. The van der Waals surface area contributed by atoms with Crippen molar-refractivity contribution in [1.82, 2.24) is 9.97 Å². The normalized spacial score (nSPS) is 13.7. The van der Waals surface area contributed by atoms with E-state index < -0.39 is 5.97 Å². The van der Waals surface area contributed by atoms with Gasteiger partial charge in [0.05, 0.1) is 0 Å². The summed E-state index contributed by atoms with van der Waals surface area (Å²) in [4.78, 5) is 19.1. The van der Waals surface area contributed by atoms with E-state index in [9.17, 15) is 4.79 Å². The van der Waals surface area contributed by atoms with E-state index >= 15 is 0 Å². The first-order valence-electron chi connectivity index (χ1n) is 6.27. The first kappa shape index (κ1) is 13.5. The molecular weight excluding hydrogens is 244 g/mol. The Bertz CT molecular complexity index is 611. The molecule has 0 spiro atoms. The summed E-state index contributed by atoms with van der Waals surface area (Å²) in [5, 5.41) is 8.88. The lowest BCUT2D eigenvalue weighted by atomic mass is 9.80. The van der Waals surface area contributed by atoms with Crippen molar-refractivity contribution in [2.24, 2.45) is 11.3 Å². The molecule has 0 aliphatic carbocycles. The van der Waals surface area contributed by atoms with E-state index in [0.29, 0.717) is 29.5 Å². The van der Waals surface area contributed by atoms with E-state index in [0.717, 1.165) is 0 Å². The van der Waals surface area contributed by atoms with Crippen LogP contribution in [0.25, 0.3) is 11.2 Å². The van der Waals surface area contributed by atoms with E-state index in [1.165, 1.54) is 6.07 Å². The third-order valence-electron chi connectivity index (χ3n) is 3.48. The van der Waals surface area contributed by atoms with Crippen LogP contribution in [0.15, 0.2) is 16.5 Å². The standard InChI is InChI=1S/C14H18N2O3/c1-8(14(2,3)4)7-11-16-12-10(19-11)6-5-9(15-12)13(17)18/h5-6,8H,7H2,1-4H3,(H,17,18). The first-order chi connectivity index (χ1) is 8.77. The lowest BCUT2D eigenvalue weighted by Gasteiger charge is -2.25. The fourth-order valence-electron chi connectivity index (χ4n) is 1.64. The van der Waals surface area contributed by atoms with E-state index in [2.05, 4.69) is 37.7 Å². The van der Waals surface area contributed by atoms with E-state index in [1.807, 2.05) is 0 Å². The van der Waals surface area contributed by atoms with E-state index in [-0.39, 0.29) is 11.1 Å². The second-order valence-electron chi connectivity index (χ2n) is 5.90. The molecule has 0 fully saturated rings. The minimum absolute atomic E-state index is 0.0174. The van der Waals surface area contributed by atoms with Crippen LogP contribution in [-0.4, -0.2) is 21.0 Å². The van der Waals surface area contributed by atoms with Crippen LogP contribution >= 0.6 is 0 Å². The fourth-order valence-corrected chi connectivity index (χ4v) is 1.64. The molecule has 0 aromatic carbocycles. The van der Waals surface area contributed by atoms with Crippen LogP contribution in [0.1, 0.15) is 44.1 Å².